The summed E-state index contributed by atoms with van der Waals surface area (Å²) in [5.74, 6) is 0.806. The molecule has 0 aliphatic rings. The molecule has 0 spiro atoms. The standard InChI is InChI=1S/C19H23FN2O3/c1-4-22(12-14-10-15(20)8-9-18(14)25-3)13-19(23)21-16-6-5-7-17(11-16)24-2/h5-11H,4,12-13H2,1-3H3,(H,21,23). The summed E-state index contributed by atoms with van der Waals surface area (Å²) in [5, 5.41) is 2.84. The first-order valence-corrected chi connectivity index (χ1v) is 8.04. The Kier molecular flexibility index (Phi) is 6.77. The fraction of sp³-hybridized carbons (Fsp3) is 0.316. The summed E-state index contributed by atoms with van der Waals surface area (Å²) in [6.07, 6.45) is 0. The predicted octanol–water partition coefficient (Wildman–Crippen LogP) is 3.30. The summed E-state index contributed by atoms with van der Waals surface area (Å²) in [6.45, 7) is 3.20. The van der Waals surface area contributed by atoms with E-state index >= 15 is 0 Å². The molecule has 0 saturated carbocycles. The second-order valence-corrected chi connectivity index (χ2v) is 5.54. The van der Waals surface area contributed by atoms with E-state index in [4.69, 9.17) is 9.47 Å². The monoisotopic (exact) mass is 346 g/mol. The number of anilines is 1. The van der Waals surface area contributed by atoms with Crippen LogP contribution in [0.5, 0.6) is 11.5 Å². The molecule has 0 unspecified atom stereocenters. The Morgan fingerprint density at radius 2 is 1.96 bits per heavy atom. The molecule has 0 saturated heterocycles. The van der Waals surface area contributed by atoms with Crippen molar-refractivity contribution in [2.45, 2.75) is 13.5 Å². The second kappa shape index (κ2) is 9.03. The molecule has 6 heteroatoms. The topological polar surface area (TPSA) is 50.8 Å². The molecule has 1 amide bonds. The van der Waals surface area contributed by atoms with Crippen LogP contribution in [0.25, 0.3) is 0 Å². The third-order valence-corrected chi connectivity index (χ3v) is 3.80. The van der Waals surface area contributed by atoms with E-state index in [0.29, 0.717) is 35.8 Å². The summed E-state index contributed by atoms with van der Waals surface area (Å²) >= 11 is 0. The van der Waals surface area contributed by atoms with Crippen molar-refractivity contribution in [3.8, 4) is 11.5 Å². The van der Waals surface area contributed by atoms with Gasteiger partial charge in [-0.15, -0.1) is 0 Å². The molecule has 0 atom stereocenters. The third-order valence-electron chi connectivity index (χ3n) is 3.80. The number of hydrogen-bond acceptors (Lipinski definition) is 4. The first kappa shape index (κ1) is 18.7. The van der Waals surface area contributed by atoms with Crippen LogP contribution in [0.15, 0.2) is 42.5 Å². The number of halogens is 1. The summed E-state index contributed by atoms with van der Waals surface area (Å²) < 4.78 is 23.9. The van der Waals surface area contributed by atoms with E-state index in [-0.39, 0.29) is 18.3 Å². The highest BCUT2D eigenvalue weighted by atomic mass is 19.1. The van der Waals surface area contributed by atoms with Gasteiger partial charge >= 0.3 is 0 Å². The number of methoxy groups -OCH3 is 2. The van der Waals surface area contributed by atoms with Crippen LogP contribution in [-0.4, -0.2) is 38.1 Å². The van der Waals surface area contributed by atoms with E-state index in [2.05, 4.69) is 5.32 Å². The van der Waals surface area contributed by atoms with Crippen molar-refractivity contribution in [2.75, 3.05) is 32.6 Å². The molecule has 2 aromatic carbocycles. The maximum absolute atomic E-state index is 13.5. The number of likely N-dealkylation sites (N-methyl/N-ethyl adjacent to an activating group) is 1. The molecule has 0 heterocycles. The van der Waals surface area contributed by atoms with E-state index in [1.54, 1.807) is 32.4 Å². The molecular formula is C19H23FN2O3. The molecule has 134 valence electrons. The minimum atomic E-state index is -0.326. The Labute approximate surface area is 147 Å². The predicted molar refractivity (Wildman–Crippen MR) is 95.5 cm³/mol. The highest BCUT2D eigenvalue weighted by Crippen LogP contribution is 2.21. The van der Waals surface area contributed by atoms with Crippen LogP contribution in [0.1, 0.15) is 12.5 Å². The van der Waals surface area contributed by atoms with Gasteiger partial charge in [0.1, 0.15) is 17.3 Å². The van der Waals surface area contributed by atoms with Crippen LogP contribution in [0, 0.1) is 5.82 Å². The van der Waals surface area contributed by atoms with E-state index in [1.165, 1.54) is 12.1 Å². The number of amides is 1. The number of hydrogen-bond donors (Lipinski definition) is 1. The molecule has 1 N–H and O–H groups in total. The molecule has 5 nitrogen and oxygen atoms in total. The highest BCUT2D eigenvalue weighted by molar-refractivity contribution is 5.92. The van der Waals surface area contributed by atoms with Crippen LogP contribution < -0.4 is 14.8 Å². The van der Waals surface area contributed by atoms with E-state index in [9.17, 15) is 9.18 Å². The van der Waals surface area contributed by atoms with Crippen molar-refractivity contribution < 1.29 is 18.7 Å². The Balaban J connectivity index is 2.01. The van der Waals surface area contributed by atoms with E-state index in [0.717, 1.165) is 0 Å². The number of carbonyl (C=O) groups is 1. The highest BCUT2D eigenvalue weighted by Gasteiger charge is 2.13. The molecule has 0 bridgehead atoms. The van der Waals surface area contributed by atoms with Crippen molar-refractivity contribution in [3.05, 3.63) is 53.8 Å². The van der Waals surface area contributed by atoms with Crippen LogP contribution in [0.4, 0.5) is 10.1 Å². The average Bonchev–Trinajstić information content (AvgIpc) is 2.61. The maximum Gasteiger partial charge on any atom is 0.238 e. The normalized spacial score (nSPS) is 10.6. The van der Waals surface area contributed by atoms with Gasteiger partial charge in [-0.2, -0.15) is 0 Å². The van der Waals surface area contributed by atoms with E-state index in [1.807, 2.05) is 24.0 Å². The quantitative estimate of drug-likeness (QED) is 0.797. The van der Waals surface area contributed by atoms with E-state index < -0.39 is 0 Å². The fourth-order valence-electron chi connectivity index (χ4n) is 2.50. The van der Waals surface area contributed by atoms with Crippen molar-refractivity contribution in [1.82, 2.24) is 4.90 Å². The van der Waals surface area contributed by atoms with Crippen molar-refractivity contribution >= 4 is 11.6 Å². The molecule has 0 aliphatic carbocycles. The average molecular weight is 346 g/mol. The lowest BCUT2D eigenvalue weighted by molar-refractivity contribution is -0.117. The van der Waals surface area contributed by atoms with Gasteiger partial charge in [-0.1, -0.05) is 13.0 Å². The molecule has 25 heavy (non-hydrogen) atoms. The fourth-order valence-corrected chi connectivity index (χ4v) is 2.50. The van der Waals surface area contributed by atoms with Gasteiger partial charge in [-0.05, 0) is 36.9 Å². The number of nitrogens with zero attached hydrogens (tertiary/aromatic N) is 1. The molecule has 0 aromatic heterocycles. The molecule has 0 radical (unpaired) electrons. The number of benzene rings is 2. The minimum Gasteiger partial charge on any atom is -0.497 e. The Morgan fingerprint density at radius 1 is 1.16 bits per heavy atom. The zero-order valence-electron chi connectivity index (χ0n) is 14.7. The maximum atomic E-state index is 13.5. The smallest absolute Gasteiger partial charge is 0.238 e. The molecule has 2 rings (SSSR count). The van der Waals surface area contributed by atoms with Gasteiger partial charge in [0.15, 0.2) is 0 Å². The Morgan fingerprint density at radius 3 is 2.64 bits per heavy atom. The van der Waals surface area contributed by atoms with Crippen LogP contribution in [0.2, 0.25) is 0 Å². The van der Waals surface area contributed by atoms with Crippen LogP contribution in [0.3, 0.4) is 0 Å². The Hall–Kier alpha value is -2.60. The van der Waals surface area contributed by atoms with Crippen LogP contribution >= 0.6 is 0 Å². The molecule has 2 aromatic rings. The zero-order valence-corrected chi connectivity index (χ0v) is 14.7. The summed E-state index contributed by atoms with van der Waals surface area (Å²) in [7, 11) is 3.12. The van der Waals surface area contributed by atoms with Gasteiger partial charge in [0, 0.05) is 23.9 Å². The first-order chi connectivity index (χ1) is 12.0. The first-order valence-electron chi connectivity index (χ1n) is 8.04. The lowest BCUT2D eigenvalue weighted by atomic mass is 10.1. The third kappa shape index (κ3) is 5.46. The number of rotatable bonds is 8. The lowest BCUT2D eigenvalue weighted by Gasteiger charge is -2.21. The molecule has 0 aliphatic heterocycles. The van der Waals surface area contributed by atoms with Crippen molar-refractivity contribution in [1.29, 1.82) is 0 Å². The summed E-state index contributed by atoms with van der Waals surface area (Å²) in [5.41, 5.74) is 1.38. The van der Waals surface area contributed by atoms with Gasteiger partial charge in [-0.3, -0.25) is 9.69 Å². The molecular weight excluding hydrogens is 323 g/mol. The minimum absolute atomic E-state index is 0.148. The van der Waals surface area contributed by atoms with Crippen LogP contribution in [-0.2, 0) is 11.3 Å². The van der Waals surface area contributed by atoms with Crippen molar-refractivity contribution in [2.24, 2.45) is 0 Å². The SMILES string of the molecule is CCN(CC(=O)Nc1cccc(OC)c1)Cc1cc(F)ccc1OC. The molecule has 0 fully saturated rings. The van der Waals surface area contributed by atoms with Gasteiger partial charge in [-0.25, -0.2) is 4.39 Å². The second-order valence-electron chi connectivity index (χ2n) is 5.54. The van der Waals surface area contributed by atoms with Gasteiger partial charge in [0.2, 0.25) is 5.91 Å². The van der Waals surface area contributed by atoms with Gasteiger partial charge in [0.25, 0.3) is 0 Å². The number of nitrogens with one attached hydrogen (secondary N) is 1. The van der Waals surface area contributed by atoms with Crippen molar-refractivity contribution in [3.63, 3.8) is 0 Å². The summed E-state index contributed by atoms with van der Waals surface area (Å²) in [6, 6.07) is 11.5. The Bertz CT molecular complexity index is 722. The zero-order chi connectivity index (χ0) is 18.2. The van der Waals surface area contributed by atoms with Gasteiger partial charge < -0.3 is 14.8 Å². The van der Waals surface area contributed by atoms with Gasteiger partial charge in [0.05, 0.1) is 20.8 Å². The number of ether oxygens (including phenoxy) is 2. The summed E-state index contributed by atoms with van der Waals surface area (Å²) in [4.78, 5) is 14.2. The largest absolute Gasteiger partial charge is 0.497 e. The number of carbonyl (C=O) groups excluding carboxylic acids is 1. The lowest BCUT2D eigenvalue weighted by Crippen LogP contribution is -2.32.